The number of rotatable bonds is 3. The Kier molecular flexibility index (Phi) is 3.31. The van der Waals surface area contributed by atoms with Gasteiger partial charge in [-0.3, -0.25) is 0 Å². The number of nitrogens with two attached hydrogens (primary N) is 1. The highest BCUT2D eigenvalue weighted by Crippen LogP contribution is 2.25. The maximum atomic E-state index is 5.56. The van der Waals surface area contributed by atoms with E-state index in [2.05, 4.69) is 28.5 Å². The van der Waals surface area contributed by atoms with Gasteiger partial charge in [-0.1, -0.05) is 48.6 Å². The van der Waals surface area contributed by atoms with Crippen molar-refractivity contribution in [3.8, 4) is 0 Å². The molecule has 2 aromatic carbocycles. The van der Waals surface area contributed by atoms with Gasteiger partial charge in [-0.2, -0.15) is 0 Å². The molecule has 1 aromatic heterocycles. The van der Waals surface area contributed by atoms with Gasteiger partial charge in [0.05, 0.1) is 0 Å². The Labute approximate surface area is 122 Å². The third-order valence-corrected chi connectivity index (χ3v) is 3.34. The lowest BCUT2D eigenvalue weighted by Gasteiger charge is -2.09. The molecule has 20 heavy (non-hydrogen) atoms. The van der Waals surface area contributed by atoms with Crippen LogP contribution in [0.4, 0.5) is 11.5 Å². The van der Waals surface area contributed by atoms with Crippen LogP contribution in [0, 0.1) is 0 Å². The largest absolute Gasteiger partial charge is 0.389 e. The Morgan fingerprint density at radius 3 is 2.55 bits per heavy atom. The zero-order valence-electron chi connectivity index (χ0n) is 10.7. The SMILES string of the molecule is NC(=S)c1ccc(Nc2cccc3ccccc23)nc1. The van der Waals surface area contributed by atoms with Crippen LogP contribution in [-0.2, 0) is 0 Å². The number of aromatic nitrogens is 1. The summed E-state index contributed by atoms with van der Waals surface area (Å²) in [6.07, 6.45) is 1.68. The molecule has 98 valence electrons. The third kappa shape index (κ3) is 2.46. The maximum Gasteiger partial charge on any atom is 0.130 e. The quantitative estimate of drug-likeness (QED) is 0.719. The van der Waals surface area contributed by atoms with E-state index in [4.69, 9.17) is 18.0 Å². The predicted molar refractivity (Wildman–Crippen MR) is 87.4 cm³/mol. The molecule has 0 bridgehead atoms. The van der Waals surface area contributed by atoms with E-state index < -0.39 is 0 Å². The van der Waals surface area contributed by atoms with E-state index in [0.29, 0.717) is 4.99 Å². The molecule has 3 rings (SSSR count). The molecule has 0 unspecified atom stereocenters. The Morgan fingerprint density at radius 2 is 1.80 bits per heavy atom. The van der Waals surface area contributed by atoms with E-state index in [9.17, 15) is 0 Å². The summed E-state index contributed by atoms with van der Waals surface area (Å²) >= 11 is 4.92. The Morgan fingerprint density at radius 1 is 1.00 bits per heavy atom. The van der Waals surface area contributed by atoms with Gasteiger partial charge in [-0.15, -0.1) is 0 Å². The fourth-order valence-electron chi connectivity index (χ4n) is 2.09. The topological polar surface area (TPSA) is 50.9 Å². The second kappa shape index (κ2) is 5.27. The van der Waals surface area contributed by atoms with Crippen LogP contribution in [0.15, 0.2) is 60.8 Å². The molecule has 0 aliphatic carbocycles. The van der Waals surface area contributed by atoms with Crippen LogP contribution in [0.25, 0.3) is 10.8 Å². The molecule has 0 saturated carbocycles. The minimum absolute atomic E-state index is 0.356. The molecule has 0 saturated heterocycles. The summed E-state index contributed by atoms with van der Waals surface area (Å²) in [5.41, 5.74) is 7.36. The highest BCUT2D eigenvalue weighted by atomic mass is 32.1. The van der Waals surface area contributed by atoms with E-state index >= 15 is 0 Å². The van der Waals surface area contributed by atoms with Crippen molar-refractivity contribution in [3.63, 3.8) is 0 Å². The number of pyridine rings is 1. The lowest BCUT2D eigenvalue weighted by atomic mass is 10.1. The number of anilines is 2. The summed E-state index contributed by atoms with van der Waals surface area (Å²) in [7, 11) is 0. The van der Waals surface area contributed by atoms with Crippen LogP contribution in [0.2, 0.25) is 0 Å². The first-order valence-electron chi connectivity index (χ1n) is 6.25. The summed E-state index contributed by atoms with van der Waals surface area (Å²) in [5, 5.41) is 5.67. The smallest absolute Gasteiger partial charge is 0.130 e. The fraction of sp³-hybridized carbons (Fsp3) is 0. The van der Waals surface area contributed by atoms with Crippen LogP contribution in [0.3, 0.4) is 0 Å². The summed E-state index contributed by atoms with van der Waals surface area (Å²) in [6, 6.07) is 18.1. The van der Waals surface area contributed by atoms with Crippen molar-refractivity contribution >= 4 is 39.5 Å². The van der Waals surface area contributed by atoms with Crippen molar-refractivity contribution in [2.45, 2.75) is 0 Å². The molecular formula is C16H13N3S. The molecule has 0 radical (unpaired) electrons. The first kappa shape index (κ1) is 12.6. The van der Waals surface area contributed by atoms with Gasteiger partial charge >= 0.3 is 0 Å². The van der Waals surface area contributed by atoms with E-state index in [1.807, 2.05) is 36.4 Å². The summed E-state index contributed by atoms with van der Waals surface area (Å²) in [5.74, 6) is 0.765. The number of benzene rings is 2. The Balaban J connectivity index is 1.95. The van der Waals surface area contributed by atoms with E-state index in [1.54, 1.807) is 6.20 Å². The van der Waals surface area contributed by atoms with Crippen molar-refractivity contribution in [1.29, 1.82) is 0 Å². The molecule has 3 N–H and O–H groups in total. The van der Waals surface area contributed by atoms with Crippen LogP contribution in [0.1, 0.15) is 5.56 Å². The maximum absolute atomic E-state index is 5.56. The van der Waals surface area contributed by atoms with Gasteiger partial charge in [0.1, 0.15) is 10.8 Å². The van der Waals surface area contributed by atoms with Gasteiger partial charge in [-0.25, -0.2) is 4.98 Å². The van der Waals surface area contributed by atoms with Gasteiger partial charge in [0.2, 0.25) is 0 Å². The fourth-order valence-corrected chi connectivity index (χ4v) is 2.21. The van der Waals surface area contributed by atoms with Gasteiger partial charge in [0.15, 0.2) is 0 Å². The van der Waals surface area contributed by atoms with Crippen molar-refractivity contribution in [1.82, 2.24) is 4.98 Å². The third-order valence-electron chi connectivity index (χ3n) is 3.10. The summed E-state index contributed by atoms with van der Waals surface area (Å²) in [4.78, 5) is 4.68. The van der Waals surface area contributed by atoms with E-state index in [0.717, 1.165) is 22.5 Å². The lowest BCUT2D eigenvalue weighted by molar-refractivity contribution is 1.30. The van der Waals surface area contributed by atoms with Crippen LogP contribution in [0.5, 0.6) is 0 Å². The number of hydrogen-bond acceptors (Lipinski definition) is 3. The minimum atomic E-state index is 0.356. The van der Waals surface area contributed by atoms with Gasteiger partial charge < -0.3 is 11.1 Å². The summed E-state index contributed by atoms with van der Waals surface area (Å²) in [6.45, 7) is 0. The van der Waals surface area contributed by atoms with Crippen molar-refractivity contribution in [3.05, 3.63) is 66.4 Å². The predicted octanol–water partition coefficient (Wildman–Crippen LogP) is 3.61. The Hall–Kier alpha value is -2.46. The molecule has 0 aliphatic rings. The van der Waals surface area contributed by atoms with E-state index in [1.165, 1.54) is 5.39 Å². The molecule has 0 aliphatic heterocycles. The number of hydrogen-bond donors (Lipinski definition) is 2. The second-order valence-electron chi connectivity index (χ2n) is 4.45. The number of thiocarbonyl (C=S) groups is 1. The number of fused-ring (bicyclic) bond motifs is 1. The molecule has 4 heteroatoms. The summed E-state index contributed by atoms with van der Waals surface area (Å²) < 4.78 is 0. The highest BCUT2D eigenvalue weighted by Gasteiger charge is 2.02. The lowest BCUT2D eigenvalue weighted by Crippen LogP contribution is -2.09. The molecule has 1 heterocycles. The molecule has 0 atom stereocenters. The van der Waals surface area contributed by atoms with Gasteiger partial charge in [0.25, 0.3) is 0 Å². The molecule has 0 amide bonds. The van der Waals surface area contributed by atoms with Crippen molar-refractivity contribution < 1.29 is 0 Å². The Bertz CT molecular complexity index is 761. The first-order chi connectivity index (χ1) is 9.74. The zero-order valence-corrected chi connectivity index (χ0v) is 11.5. The standard InChI is InChI=1S/C16H13N3S/c17-16(20)12-8-9-15(18-10-12)19-14-7-3-5-11-4-1-2-6-13(11)14/h1-10H,(H2,17,20)(H,18,19). The van der Waals surface area contributed by atoms with Crippen LogP contribution >= 0.6 is 12.2 Å². The van der Waals surface area contributed by atoms with E-state index in [-0.39, 0.29) is 0 Å². The van der Waals surface area contributed by atoms with Crippen molar-refractivity contribution in [2.24, 2.45) is 5.73 Å². The van der Waals surface area contributed by atoms with Gasteiger partial charge in [-0.05, 0) is 23.6 Å². The normalized spacial score (nSPS) is 10.4. The second-order valence-corrected chi connectivity index (χ2v) is 4.89. The molecule has 3 aromatic rings. The van der Waals surface area contributed by atoms with Crippen molar-refractivity contribution in [2.75, 3.05) is 5.32 Å². The van der Waals surface area contributed by atoms with Gasteiger partial charge in [0, 0.05) is 22.8 Å². The van der Waals surface area contributed by atoms with Crippen LogP contribution in [-0.4, -0.2) is 9.97 Å². The average molecular weight is 279 g/mol. The highest BCUT2D eigenvalue weighted by molar-refractivity contribution is 7.80. The molecule has 3 nitrogen and oxygen atoms in total. The minimum Gasteiger partial charge on any atom is -0.389 e. The number of nitrogens with zero attached hydrogens (tertiary/aromatic N) is 1. The molecular weight excluding hydrogens is 266 g/mol. The molecule has 0 spiro atoms. The van der Waals surface area contributed by atoms with Crippen LogP contribution < -0.4 is 11.1 Å². The average Bonchev–Trinajstić information content (AvgIpc) is 2.48. The number of nitrogens with one attached hydrogen (secondary N) is 1. The zero-order chi connectivity index (χ0) is 13.9. The first-order valence-corrected chi connectivity index (χ1v) is 6.65. The monoisotopic (exact) mass is 279 g/mol. The molecule has 0 fully saturated rings.